The van der Waals surface area contributed by atoms with Crippen LogP contribution in [0.2, 0.25) is 0 Å². The predicted molar refractivity (Wildman–Crippen MR) is 89.3 cm³/mol. The Morgan fingerprint density at radius 1 is 1.46 bits per heavy atom. The van der Waals surface area contributed by atoms with Crippen molar-refractivity contribution in [2.24, 2.45) is 0 Å². The van der Waals surface area contributed by atoms with Crippen LogP contribution in [0.25, 0.3) is 0 Å². The van der Waals surface area contributed by atoms with Crippen molar-refractivity contribution >= 4 is 23.2 Å². The van der Waals surface area contributed by atoms with Gasteiger partial charge < -0.3 is 15.0 Å². The van der Waals surface area contributed by atoms with E-state index in [1.807, 2.05) is 30.5 Å². The quantitative estimate of drug-likeness (QED) is 0.850. The number of fused-ring (bicyclic) bond motifs is 1. The summed E-state index contributed by atoms with van der Waals surface area (Å²) in [5, 5.41) is 9.15. The third-order valence-electron chi connectivity index (χ3n) is 3.90. The standard InChI is InChI=1S/C16H20N4O3S/c1-2-23-11-15(21)19-9-12-5-6-18-20(12)14(10-19)16(22)17-8-13-4-3-7-24-13/h3-7,14H,2,8-11H2,1H3,(H,17,22)/t14-/m0/s1. The Bertz CT molecular complexity index is 698. The molecule has 24 heavy (non-hydrogen) atoms. The maximum absolute atomic E-state index is 12.6. The summed E-state index contributed by atoms with van der Waals surface area (Å²) in [6, 6.07) is 5.24. The van der Waals surface area contributed by atoms with Crippen LogP contribution in [-0.4, -0.2) is 46.3 Å². The SMILES string of the molecule is CCOCC(=O)N1Cc2ccnn2[C@H](C(=O)NCc2cccs2)C1. The van der Waals surface area contributed by atoms with Crippen molar-refractivity contribution in [1.29, 1.82) is 0 Å². The lowest BCUT2D eigenvalue weighted by atomic mass is 10.1. The number of thiophene rings is 1. The molecule has 2 amide bonds. The molecule has 1 N–H and O–H groups in total. The summed E-state index contributed by atoms with van der Waals surface area (Å²) in [7, 11) is 0. The molecule has 0 radical (unpaired) electrons. The van der Waals surface area contributed by atoms with E-state index in [2.05, 4.69) is 10.4 Å². The van der Waals surface area contributed by atoms with Crippen LogP contribution >= 0.6 is 11.3 Å². The van der Waals surface area contributed by atoms with Gasteiger partial charge in [-0.15, -0.1) is 11.3 Å². The molecule has 0 saturated heterocycles. The third kappa shape index (κ3) is 3.65. The first-order valence-electron chi connectivity index (χ1n) is 7.87. The van der Waals surface area contributed by atoms with Gasteiger partial charge in [0.15, 0.2) is 0 Å². The van der Waals surface area contributed by atoms with Crippen molar-refractivity contribution in [2.75, 3.05) is 19.8 Å². The van der Waals surface area contributed by atoms with E-state index in [9.17, 15) is 9.59 Å². The van der Waals surface area contributed by atoms with E-state index < -0.39 is 6.04 Å². The monoisotopic (exact) mass is 348 g/mol. The van der Waals surface area contributed by atoms with Crippen molar-refractivity contribution in [3.8, 4) is 0 Å². The van der Waals surface area contributed by atoms with Crippen molar-refractivity contribution in [3.63, 3.8) is 0 Å². The molecule has 1 aliphatic rings. The molecule has 0 aliphatic carbocycles. The normalized spacial score (nSPS) is 16.7. The molecule has 0 saturated carbocycles. The number of ether oxygens (including phenoxy) is 1. The molecule has 3 heterocycles. The van der Waals surface area contributed by atoms with Crippen molar-refractivity contribution in [2.45, 2.75) is 26.1 Å². The molecule has 0 spiro atoms. The molecule has 2 aromatic rings. The lowest BCUT2D eigenvalue weighted by Gasteiger charge is -2.33. The lowest BCUT2D eigenvalue weighted by molar-refractivity contribution is -0.139. The number of hydrogen-bond acceptors (Lipinski definition) is 5. The molecule has 0 fully saturated rings. The first kappa shape index (κ1) is 16.7. The summed E-state index contributed by atoms with van der Waals surface area (Å²) >= 11 is 1.60. The Labute approximate surface area is 144 Å². The Hall–Kier alpha value is -2.19. The number of rotatable bonds is 6. The minimum Gasteiger partial charge on any atom is -0.372 e. The molecule has 7 nitrogen and oxygen atoms in total. The van der Waals surface area contributed by atoms with Gasteiger partial charge in [0.25, 0.3) is 0 Å². The van der Waals surface area contributed by atoms with Crippen LogP contribution in [0, 0.1) is 0 Å². The average Bonchev–Trinajstić information content (AvgIpc) is 3.27. The molecule has 0 unspecified atom stereocenters. The van der Waals surface area contributed by atoms with Gasteiger partial charge in [-0.05, 0) is 24.4 Å². The van der Waals surface area contributed by atoms with E-state index in [-0.39, 0.29) is 18.4 Å². The second-order valence-electron chi connectivity index (χ2n) is 5.49. The van der Waals surface area contributed by atoms with Crippen molar-refractivity contribution in [3.05, 3.63) is 40.3 Å². The zero-order valence-corrected chi connectivity index (χ0v) is 14.3. The minimum absolute atomic E-state index is 0.0359. The van der Waals surface area contributed by atoms with Crippen LogP contribution in [0.4, 0.5) is 0 Å². The van der Waals surface area contributed by atoms with Gasteiger partial charge in [-0.2, -0.15) is 5.10 Å². The van der Waals surface area contributed by atoms with Crippen LogP contribution < -0.4 is 5.32 Å². The lowest BCUT2D eigenvalue weighted by Crippen LogP contribution is -2.47. The number of aromatic nitrogens is 2. The number of nitrogens with one attached hydrogen (secondary N) is 1. The fourth-order valence-electron chi connectivity index (χ4n) is 2.66. The van der Waals surface area contributed by atoms with Crippen molar-refractivity contribution < 1.29 is 14.3 Å². The zero-order chi connectivity index (χ0) is 16.9. The molecule has 0 aromatic carbocycles. The Morgan fingerprint density at radius 2 is 2.33 bits per heavy atom. The highest BCUT2D eigenvalue weighted by atomic mass is 32.1. The van der Waals surface area contributed by atoms with Gasteiger partial charge in [0.1, 0.15) is 12.6 Å². The van der Waals surface area contributed by atoms with E-state index in [1.54, 1.807) is 27.1 Å². The smallest absolute Gasteiger partial charge is 0.249 e. The van der Waals surface area contributed by atoms with E-state index in [0.29, 0.717) is 26.2 Å². The number of carbonyl (C=O) groups excluding carboxylic acids is 2. The molecule has 1 atom stereocenters. The molecular weight excluding hydrogens is 328 g/mol. The van der Waals surface area contributed by atoms with E-state index >= 15 is 0 Å². The molecule has 1 aliphatic heterocycles. The third-order valence-corrected chi connectivity index (χ3v) is 4.77. The average molecular weight is 348 g/mol. The summed E-state index contributed by atoms with van der Waals surface area (Å²) in [6.45, 7) is 3.60. The van der Waals surface area contributed by atoms with Gasteiger partial charge in [-0.3, -0.25) is 14.3 Å². The topological polar surface area (TPSA) is 76.5 Å². The fraction of sp³-hybridized carbons (Fsp3) is 0.438. The van der Waals surface area contributed by atoms with Crippen LogP contribution in [0.5, 0.6) is 0 Å². The van der Waals surface area contributed by atoms with Gasteiger partial charge in [0.05, 0.1) is 25.3 Å². The number of hydrogen-bond donors (Lipinski definition) is 1. The summed E-state index contributed by atoms with van der Waals surface area (Å²) in [5.41, 5.74) is 0.849. The Balaban J connectivity index is 1.69. The first-order chi connectivity index (χ1) is 11.7. The molecule has 0 bridgehead atoms. The van der Waals surface area contributed by atoms with E-state index in [1.165, 1.54) is 0 Å². The molecule has 128 valence electrons. The van der Waals surface area contributed by atoms with Gasteiger partial charge >= 0.3 is 0 Å². The highest BCUT2D eigenvalue weighted by Crippen LogP contribution is 2.21. The highest BCUT2D eigenvalue weighted by molar-refractivity contribution is 7.09. The Kier molecular flexibility index (Phi) is 5.27. The van der Waals surface area contributed by atoms with Gasteiger partial charge in [0.2, 0.25) is 11.8 Å². The largest absolute Gasteiger partial charge is 0.372 e. The van der Waals surface area contributed by atoms with E-state index in [4.69, 9.17) is 4.74 Å². The van der Waals surface area contributed by atoms with Gasteiger partial charge in [-0.25, -0.2) is 0 Å². The van der Waals surface area contributed by atoms with Gasteiger partial charge in [-0.1, -0.05) is 6.07 Å². The van der Waals surface area contributed by atoms with Gasteiger partial charge in [0, 0.05) is 17.7 Å². The maximum Gasteiger partial charge on any atom is 0.249 e. The Morgan fingerprint density at radius 3 is 3.08 bits per heavy atom. The maximum atomic E-state index is 12.6. The molecule has 2 aromatic heterocycles. The van der Waals surface area contributed by atoms with Crippen molar-refractivity contribution in [1.82, 2.24) is 20.0 Å². The second kappa shape index (κ2) is 7.59. The highest BCUT2D eigenvalue weighted by Gasteiger charge is 2.32. The number of amides is 2. The molecule has 3 rings (SSSR count). The van der Waals surface area contributed by atoms with Crippen LogP contribution in [0.1, 0.15) is 23.5 Å². The first-order valence-corrected chi connectivity index (χ1v) is 8.75. The summed E-state index contributed by atoms with van der Waals surface area (Å²) < 4.78 is 6.90. The second-order valence-corrected chi connectivity index (χ2v) is 6.52. The number of nitrogens with zero attached hydrogens (tertiary/aromatic N) is 3. The minimum atomic E-state index is -0.519. The van der Waals surface area contributed by atoms with Crippen LogP contribution in [-0.2, 0) is 27.4 Å². The predicted octanol–water partition coefficient (Wildman–Crippen LogP) is 1.18. The summed E-state index contributed by atoms with van der Waals surface area (Å²) in [6.07, 6.45) is 1.66. The fourth-order valence-corrected chi connectivity index (χ4v) is 3.31. The van der Waals surface area contributed by atoms with Crippen LogP contribution in [0.15, 0.2) is 29.8 Å². The molecular formula is C16H20N4O3S. The number of carbonyl (C=O) groups is 2. The van der Waals surface area contributed by atoms with Crippen LogP contribution in [0.3, 0.4) is 0 Å². The van der Waals surface area contributed by atoms with E-state index in [0.717, 1.165) is 10.6 Å². The zero-order valence-electron chi connectivity index (χ0n) is 13.5. The summed E-state index contributed by atoms with van der Waals surface area (Å²) in [4.78, 5) is 27.6. The molecule has 8 heteroatoms. The summed E-state index contributed by atoms with van der Waals surface area (Å²) in [5.74, 6) is -0.248.